The summed E-state index contributed by atoms with van der Waals surface area (Å²) in [5.41, 5.74) is 6.45. The van der Waals surface area contributed by atoms with Crippen molar-refractivity contribution in [1.29, 1.82) is 5.26 Å². The van der Waals surface area contributed by atoms with Gasteiger partial charge in [-0.2, -0.15) is 5.26 Å². The highest BCUT2D eigenvalue weighted by Gasteiger charge is 2.36. The van der Waals surface area contributed by atoms with Gasteiger partial charge in [0.25, 0.3) is 0 Å². The van der Waals surface area contributed by atoms with E-state index in [2.05, 4.69) is 37.5 Å². The number of nitrogens with zero attached hydrogens (tertiary/aromatic N) is 4. The van der Waals surface area contributed by atoms with Gasteiger partial charge in [0.1, 0.15) is 28.8 Å². The van der Waals surface area contributed by atoms with Gasteiger partial charge in [-0.1, -0.05) is 19.1 Å². The van der Waals surface area contributed by atoms with Crippen molar-refractivity contribution in [2.45, 2.75) is 20.3 Å². The molecule has 39 heavy (non-hydrogen) atoms. The maximum Gasteiger partial charge on any atom is 0.200 e. The third-order valence-electron chi connectivity index (χ3n) is 6.09. The number of anilines is 2. The van der Waals surface area contributed by atoms with Crippen LogP contribution in [0.5, 0.6) is 11.5 Å². The molecule has 0 radical (unpaired) electrons. The molecule has 0 saturated heterocycles. The first-order valence-corrected chi connectivity index (χ1v) is 12.2. The molecule has 1 aliphatic carbocycles. The Balaban J connectivity index is 1.81. The topological polar surface area (TPSA) is 181 Å². The Morgan fingerprint density at radius 1 is 1.00 bits per heavy atom. The summed E-state index contributed by atoms with van der Waals surface area (Å²) >= 11 is 0. The number of ketones is 2. The van der Waals surface area contributed by atoms with Crippen LogP contribution in [0, 0.1) is 18.3 Å². The molecule has 0 fully saturated rings. The highest BCUT2D eigenvalue weighted by atomic mass is 16.5. The van der Waals surface area contributed by atoms with Crippen molar-refractivity contribution < 1.29 is 24.5 Å². The lowest BCUT2D eigenvalue weighted by Crippen LogP contribution is -2.24. The Bertz CT molecular complexity index is 1530. The van der Waals surface area contributed by atoms with E-state index in [1.807, 2.05) is 6.92 Å². The molecule has 1 aliphatic rings. The van der Waals surface area contributed by atoms with E-state index in [0.29, 0.717) is 36.9 Å². The maximum atomic E-state index is 13.4. The van der Waals surface area contributed by atoms with Crippen LogP contribution in [0.3, 0.4) is 0 Å². The number of methoxy groups -OCH3 is 1. The van der Waals surface area contributed by atoms with E-state index in [4.69, 9.17) is 4.74 Å². The first kappa shape index (κ1) is 27.2. The highest BCUT2D eigenvalue weighted by Crippen LogP contribution is 2.41. The van der Waals surface area contributed by atoms with E-state index >= 15 is 0 Å². The largest absolute Gasteiger partial charge is 0.507 e. The number of ether oxygens (including phenoxy) is 1. The molecule has 12 nitrogen and oxygen atoms in total. The second kappa shape index (κ2) is 11.7. The van der Waals surface area contributed by atoms with Crippen molar-refractivity contribution in [2.24, 2.45) is 10.2 Å². The number of aromatic nitrogens is 1. The van der Waals surface area contributed by atoms with Gasteiger partial charge in [-0.15, -0.1) is 10.2 Å². The van der Waals surface area contributed by atoms with Gasteiger partial charge >= 0.3 is 0 Å². The van der Waals surface area contributed by atoms with Gasteiger partial charge in [0, 0.05) is 31.3 Å². The third kappa shape index (κ3) is 5.13. The fourth-order valence-electron chi connectivity index (χ4n) is 4.17. The average Bonchev–Trinajstić information content (AvgIpc) is 2.92. The minimum absolute atomic E-state index is 0.0254. The zero-order valence-corrected chi connectivity index (χ0v) is 21.6. The number of nitrogens with one attached hydrogen (secondary N) is 3. The Morgan fingerprint density at radius 2 is 1.72 bits per heavy atom. The Hall–Kier alpha value is -4.86. The summed E-state index contributed by atoms with van der Waals surface area (Å²) in [6.07, 6.45) is 0.865. The van der Waals surface area contributed by atoms with Gasteiger partial charge < -0.3 is 25.7 Å². The average molecular weight is 530 g/mol. The number of carbonyl (C=O) groups is 2. The molecule has 12 heteroatoms. The van der Waals surface area contributed by atoms with Crippen LogP contribution in [0.4, 0.5) is 23.0 Å². The first-order valence-electron chi connectivity index (χ1n) is 12.2. The molecular formula is C27H27N7O5. The van der Waals surface area contributed by atoms with Crippen LogP contribution in [-0.2, 0) is 4.74 Å². The normalized spacial score (nSPS) is 12.3. The number of nitriles is 1. The number of fused-ring (bicyclic) bond motifs is 2. The van der Waals surface area contributed by atoms with Crippen LogP contribution in [0.1, 0.15) is 56.3 Å². The number of benzene rings is 2. The molecular weight excluding hydrogens is 502 g/mol. The number of azo groups is 1. The fraction of sp³-hybridized carbons (Fsp3) is 0.259. The summed E-state index contributed by atoms with van der Waals surface area (Å²) in [5.74, 6) is -1.48. The number of phenolic OH excluding ortho intramolecular Hbond substituents is 2. The number of rotatable bonds is 10. The summed E-state index contributed by atoms with van der Waals surface area (Å²) < 4.78 is 5.12. The van der Waals surface area contributed by atoms with E-state index in [-0.39, 0.29) is 39.2 Å². The summed E-state index contributed by atoms with van der Waals surface area (Å²) in [5, 5.41) is 42.1. The quantitative estimate of drug-likeness (QED) is 0.0862. The number of carbonyl (C=O) groups excluding carboxylic acids is 2. The molecule has 0 saturated carbocycles. The number of hydrazine groups is 1. The molecule has 1 heterocycles. The van der Waals surface area contributed by atoms with Crippen molar-refractivity contribution in [2.75, 3.05) is 37.5 Å². The summed E-state index contributed by atoms with van der Waals surface area (Å²) in [6, 6.07) is 8.94. The third-order valence-corrected chi connectivity index (χ3v) is 6.09. The Labute approximate surface area is 224 Å². The van der Waals surface area contributed by atoms with Crippen LogP contribution < -0.4 is 16.2 Å². The van der Waals surface area contributed by atoms with Gasteiger partial charge in [0.05, 0.1) is 29.0 Å². The van der Waals surface area contributed by atoms with Gasteiger partial charge in [0.2, 0.25) is 5.78 Å². The second-order valence-corrected chi connectivity index (χ2v) is 8.65. The molecule has 0 aliphatic heterocycles. The molecule has 3 aromatic rings. The molecule has 1 aromatic heterocycles. The summed E-state index contributed by atoms with van der Waals surface area (Å²) in [4.78, 5) is 31.1. The van der Waals surface area contributed by atoms with E-state index < -0.39 is 23.1 Å². The van der Waals surface area contributed by atoms with Crippen LogP contribution in [-0.4, -0.2) is 53.6 Å². The first-order chi connectivity index (χ1) is 18.8. The van der Waals surface area contributed by atoms with E-state index in [9.17, 15) is 25.1 Å². The molecule has 4 rings (SSSR count). The van der Waals surface area contributed by atoms with Crippen molar-refractivity contribution in [3.63, 3.8) is 0 Å². The van der Waals surface area contributed by atoms with Crippen molar-refractivity contribution in [3.8, 4) is 17.6 Å². The van der Waals surface area contributed by atoms with Crippen LogP contribution in [0.25, 0.3) is 0 Å². The van der Waals surface area contributed by atoms with Crippen molar-refractivity contribution >= 4 is 34.6 Å². The van der Waals surface area contributed by atoms with E-state index in [0.717, 1.165) is 18.6 Å². The number of aromatic hydroxyl groups is 2. The van der Waals surface area contributed by atoms with E-state index in [1.165, 1.54) is 12.1 Å². The molecule has 0 amide bonds. The minimum atomic E-state index is -0.671. The number of pyridine rings is 1. The Kier molecular flexibility index (Phi) is 8.14. The van der Waals surface area contributed by atoms with Gasteiger partial charge in [-0.05, 0) is 31.5 Å². The van der Waals surface area contributed by atoms with Crippen molar-refractivity contribution in [1.82, 2.24) is 10.4 Å². The van der Waals surface area contributed by atoms with Crippen molar-refractivity contribution in [3.05, 3.63) is 63.7 Å². The van der Waals surface area contributed by atoms with Crippen LogP contribution in [0.2, 0.25) is 0 Å². The SMILES string of the molecule is CCCNNc1nc(NCCOC)c(/N=N/c2cccc3c2C(=O)c2c(O)ccc(O)c2C3=O)c(C)c1C#N. The van der Waals surface area contributed by atoms with Crippen LogP contribution in [0.15, 0.2) is 40.6 Å². The molecule has 200 valence electrons. The molecule has 0 unspecified atom stereocenters. The predicted molar refractivity (Wildman–Crippen MR) is 143 cm³/mol. The molecule has 2 aromatic carbocycles. The lowest BCUT2D eigenvalue weighted by atomic mass is 9.82. The zero-order valence-electron chi connectivity index (χ0n) is 21.6. The molecule has 0 spiro atoms. The lowest BCUT2D eigenvalue weighted by Gasteiger charge is -2.20. The number of hydrogen-bond donors (Lipinski definition) is 5. The molecule has 0 atom stereocenters. The fourth-order valence-corrected chi connectivity index (χ4v) is 4.17. The maximum absolute atomic E-state index is 13.4. The summed E-state index contributed by atoms with van der Waals surface area (Å²) in [7, 11) is 1.56. The van der Waals surface area contributed by atoms with E-state index in [1.54, 1.807) is 20.1 Å². The molecule has 0 bridgehead atoms. The summed E-state index contributed by atoms with van der Waals surface area (Å²) in [6.45, 7) is 5.14. The highest BCUT2D eigenvalue weighted by molar-refractivity contribution is 6.31. The number of hydrogen-bond acceptors (Lipinski definition) is 12. The minimum Gasteiger partial charge on any atom is -0.507 e. The Morgan fingerprint density at radius 3 is 2.38 bits per heavy atom. The predicted octanol–water partition coefficient (Wildman–Crippen LogP) is 4.25. The monoisotopic (exact) mass is 529 g/mol. The second-order valence-electron chi connectivity index (χ2n) is 8.65. The van der Waals surface area contributed by atoms with Gasteiger partial charge in [-0.25, -0.2) is 10.4 Å². The smallest absolute Gasteiger partial charge is 0.200 e. The number of phenols is 2. The van der Waals surface area contributed by atoms with Gasteiger partial charge in [-0.3, -0.25) is 9.59 Å². The van der Waals surface area contributed by atoms with Gasteiger partial charge in [0.15, 0.2) is 17.4 Å². The lowest BCUT2D eigenvalue weighted by molar-refractivity contribution is 0.0974. The zero-order chi connectivity index (χ0) is 28.1. The molecule has 5 N–H and O–H groups in total. The van der Waals surface area contributed by atoms with Crippen LogP contribution >= 0.6 is 0 Å². The standard InChI is InChI=1S/C27H27N7O5/c1-4-10-30-34-26-16(13-28)14(2)23(27(31-26)29-11-12-39-3)33-32-17-7-5-6-15-20(17)25(38)22-19(36)9-8-18(35)21(22)24(15)37/h5-9,30,35-36H,4,10-12H2,1-3H3,(H2,29,31,34)/b33-32+.